The molecular formula is C30H47NO9. The summed E-state index contributed by atoms with van der Waals surface area (Å²) in [6.45, 7) is 7.82. The van der Waals surface area contributed by atoms with Gasteiger partial charge < -0.3 is 29.4 Å². The summed E-state index contributed by atoms with van der Waals surface area (Å²) in [6.07, 6.45) is 6.90. The van der Waals surface area contributed by atoms with Crippen LogP contribution < -0.4 is 15.2 Å². The third kappa shape index (κ3) is 15.5. The summed E-state index contributed by atoms with van der Waals surface area (Å²) >= 11 is 0. The van der Waals surface area contributed by atoms with Crippen LogP contribution in [0.25, 0.3) is 0 Å². The minimum Gasteiger partial charge on any atom is -0.458 e. The summed E-state index contributed by atoms with van der Waals surface area (Å²) < 4.78 is 26.2. The van der Waals surface area contributed by atoms with Crippen molar-refractivity contribution in [3.8, 4) is 11.5 Å². The Morgan fingerprint density at radius 3 is 1.95 bits per heavy atom. The van der Waals surface area contributed by atoms with Gasteiger partial charge in [-0.2, -0.15) is 0 Å². The molecule has 2 N–H and O–H groups in total. The second-order valence-corrected chi connectivity index (χ2v) is 9.82. The molecule has 0 aliphatic carbocycles. The summed E-state index contributed by atoms with van der Waals surface area (Å²) in [5, 5.41) is 0. The fraction of sp³-hybridized carbons (Fsp3) is 0.667. The standard InChI is InChI=1S/C30H47NO9/c1-5-8-11-14-27(32)39-25-17-16-23(20-26(25)40-28(33)15-12-9-6-2)19-24(31)29(34)38-22(4)21-37-30(35)36-18-13-10-7-3/h16-17,20,22,24H,5-15,18-19,21,31H2,1-4H3/t22-,24-/m0/s1. The predicted molar refractivity (Wildman–Crippen MR) is 150 cm³/mol. The molecule has 0 amide bonds. The van der Waals surface area contributed by atoms with Gasteiger partial charge in [0.15, 0.2) is 11.5 Å². The van der Waals surface area contributed by atoms with Gasteiger partial charge in [-0.25, -0.2) is 4.79 Å². The summed E-state index contributed by atoms with van der Waals surface area (Å²) in [4.78, 5) is 48.8. The minimum absolute atomic E-state index is 0.0803. The minimum atomic E-state index is -1.03. The molecule has 40 heavy (non-hydrogen) atoms. The van der Waals surface area contributed by atoms with Gasteiger partial charge in [-0.3, -0.25) is 14.4 Å². The van der Waals surface area contributed by atoms with E-state index in [1.54, 1.807) is 19.1 Å². The van der Waals surface area contributed by atoms with Crippen molar-refractivity contribution in [1.29, 1.82) is 0 Å². The smallest absolute Gasteiger partial charge is 0.458 e. The zero-order chi connectivity index (χ0) is 29.8. The van der Waals surface area contributed by atoms with Crippen LogP contribution >= 0.6 is 0 Å². The van der Waals surface area contributed by atoms with Gasteiger partial charge in [0.05, 0.1) is 6.61 Å². The van der Waals surface area contributed by atoms with Gasteiger partial charge in [-0.15, -0.1) is 0 Å². The van der Waals surface area contributed by atoms with Crippen LogP contribution in [0.1, 0.15) is 104 Å². The summed E-state index contributed by atoms with van der Waals surface area (Å²) in [5.41, 5.74) is 6.66. The number of hydrogen-bond donors (Lipinski definition) is 1. The Hall–Kier alpha value is -3.14. The van der Waals surface area contributed by atoms with Gasteiger partial charge in [0.1, 0.15) is 18.8 Å². The van der Waals surface area contributed by atoms with Gasteiger partial charge in [-0.05, 0) is 50.3 Å². The Labute approximate surface area is 238 Å². The molecular weight excluding hydrogens is 518 g/mol. The maximum atomic E-state index is 12.5. The van der Waals surface area contributed by atoms with E-state index < -0.39 is 36.2 Å². The van der Waals surface area contributed by atoms with E-state index in [4.69, 9.17) is 29.4 Å². The topological polar surface area (TPSA) is 140 Å². The predicted octanol–water partition coefficient (Wildman–Crippen LogP) is 5.80. The fourth-order valence-corrected chi connectivity index (χ4v) is 3.62. The normalized spacial score (nSPS) is 12.2. The molecule has 1 rings (SSSR count). The van der Waals surface area contributed by atoms with E-state index in [-0.39, 0.29) is 44.0 Å². The van der Waals surface area contributed by atoms with Crippen LogP contribution in [0.5, 0.6) is 11.5 Å². The highest BCUT2D eigenvalue weighted by Crippen LogP contribution is 2.30. The first-order valence-corrected chi connectivity index (χ1v) is 14.5. The molecule has 0 saturated heterocycles. The first-order chi connectivity index (χ1) is 19.2. The molecule has 0 saturated carbocycles. The number of ether oxygens (including phenoxy) is 5. The van der Waals surface area contributed by atoms with E-state index in [0.717, 1.165) is 44.9 Å². The third-order valence-corrected chi connectivity index (χ3v) is 5.90. The maximum Gasteiger partial charge on any atom is 0.508 e. The van der Waals surface area contributed by atoms with Crippen molar-refractivity contribution in [2.24, 2.45) is 5.73 Å². The number of carbonyl (C=O) groups is 4. The van der Waals surface area contributed by atoms with Gasteiger partial charge in [0.25, 0.3) is 0 Å². The van der Waals surface area contributed by atoms with Crippen molar-refractivity contribution in [3.05, 3.63) is 23.8 Å². The van der Waals surface area contributed by atoms with E-state index >= 15 is 0 Å². The van der Waals surface area contributed by atoms with E-state index in [1.807, 2.05) is 20.8 Å². The molecule has 0 bridgehead atoms. The number of esters is 3. The molecule has 226 valence electrons. The Morgan fingerprint density at radius 1 is 0.775 bits per heavy atom. The molecule has 0 radical (unpaired) electrons. The molecule has 10 heteroatoms. The first kappa shape index (κ1) is 34.9. The van der Waals surface area contributed by atoms with Crippen molar-refractivity contribution in [1.82, 2.24) is 0 Å². The van der Waals surface area contributed by atoms with Crippen molar-refractivity contribution in [3.63, 3.8) is 0 Å². The number of benzene rings is 1. The Balaban J connectivity index is 2.75. The molecule has 0 aromatic heterocycles. The third-order valence-electron chi connectivity index (χ3n) is 5.90. The highest BCUT2D eigenvalue weighted by atomic mass is 16.7. The summed E-state index contributed by atoms with van der Waals surface area (Å²) in [5.74, 6) is -1.29. The SMILES string of the molecule is CCCCCOC(=O)OC[C@H](C)OC(=O)[C@@H](N)Cc1ccc(OC(=O)CCCCC)c(OC(=O)CCCCC)c1. The number of unbranched alkanes of at least 4 members (excludes halogenated alkanes) is 6. The maximum absolute atomic E-state index is 12.5. The second kappa shape index (κ2) is 20.7. The number of rotatable bonds is 20. The van der Waals surface area contributed by atoms with Crippen LogP contribution in [-0.4, -0.2) is 49.4 Å². The Morgan fingerprint density at radius 2 is 1.35 bits per heavy atom. The van der Waals surface area contributed by atoms with Crippen molar-refractivity contribution in [2.75, 3.05) is 13.2 Å². The average Bonchev–Trinajstić information content (AvgIpc) is 2.91. The van der Waals surface area contributed by atoms with Crippen LogP contribution in [0.2, 0.25) is 0 Å². The zero-order valence-electron chi connectivity index (χ0n) is 24.5. The highest BCUT2D eigenvalue weighted by Gasteiger charge is 2.22. The molecule has 0 heterocycles. The van der Waals surface area contributed by atoms with E-state index in [9.17, 15) is 19.2 Å². The van der Waals surface area contributed by atoms with Gasteiger partial charge >= 0.3 is 24.1 Å². The summed E-state index contributed by atoms with van der Waals surface area (Å²) in [6, 6.07) is 3.69. The van der Waals surface area contributed by atoms with Crippen LogP contribution in [0.15, 0.2) is 18.2 Å². The largest absolute Gasteiger partial charge is 0.508 e. The molecule has 10 nitrogen and oxygen atoms in total. The van der Waals surface area contributed by atoms with E-state index in [2.05, 4.69) is 0 Å². The first-order valence-electron chi connectivity index (χ1n) is 14.5. The lowest BCUT2D eigenvalue weighted by atomic mass is 10.1. The van der Waals surface area contributed by atoms with Crippen LogP contribution in [-0.2, 0) is 35.0 Å². The van der Waals surface area contributed by atoms with E-state index in [1.165, 1.54) is 6.07 Å². The zero-order valence-corrected chi connectivity index (χ0v) is 24.5. The molecule has 2 atom stereocenters. The van der Waals surface area contributed by atoms with E-state index in [0.29, 0.717) is 18.4 Å². The van der Waals surface area contributed by atoms with Crippen LogP contribution in [0, 0.1) is 0 Å². The lowest BCUT2D eigenvalue weighted by molar-refractivity contribution is -0.152. The van der Waals surface area contributed by atoms with Gasteiger partial charge in [-0.1, -0.05) is 65.4 Å². The molecule has 1 aromatic carbocycles. The Kier molecular flexibility index (Phi) is 18.1. The highest BCUT2D eigenvalue weighted by molar-refractivity contribution is 5.77. The summed E-state index contributed by atoms with van der Waals surface area (Å²) in [7, 11) is 0. The lowest BCUT2D eigenvalue weighted by Crippen LogP contribution is -2.37. The van der Waals surface area contributed by atoms with Crippen molar-refractivity contribution < 1.29 is 42.9 Å². The second-order valence-electron chi connectivity index (χ2n) is 9.82. The molecule has 0 unspecified atom stereocenters. The monoisotopic (exact) mass is 565 g/mol. The van der Waals surface area contributed by atoms with Gasteiger partial charge in [0, 0.05) is 12.8 Å². The molecule has 0 aliphatic heterocycles. The molecule has 0 spiro atoms. The van der Waals surface area contributed by atoms with Crippen molar-refractivity contribution >= 4 is 24.1 Å². The van der Waals surface area contributed by atoms with Crippen LogP contribution in [0.4, 0.5) is 4.79 Å². The number of hydrogen-bond acceptors (Lipinski definition) is 10. The Bertz CT molecular complexity index is 918. The molecule has 0 aliphatic rings. The molecule has 1 aromatic rings. The number of carbonyl (C=O) groups excluding carboxylic acids is 4. The number of nitrogens with two attached hydrogens (primary N) is 1. The van der Waals surface area contributed by atoms with Crippen molar-refractivity contribution in [2.45, 2.75) is 117 Å². The lowest BCUT2D eigenvalue weighted by Gasteiger charge is -2.17. The quantitative estimate of drug-likeness (QED) is 0.117. The van der Waals surface area contributed by atoms with Crippen LogP contribution in [0.3, 0.4) is 0 Å². The molecule has 0 fully saturated rings. The van der Waals surface area contributed by atoms with Gasteiger partial charge in [0.2, 0.25) is 0 Å². The fourth-order valence-electron chi connectivity index (χ4n) is 3.62. The average molecular weight is 566 g/mol.